The maximum Gasteiger partial charge on any atom is 0.338 e. The molecule has 1 saturated carbocycles. The quantitative estimate of drug-likeness (QED) is 0.0369. The average Bonchev–Trinajstić information content (AvgIpc) is 3.30. The van der Waals surface area contributed by atoms with Gasteiger partial charge in [-0.2, -0.15) is 5.48 Å². The van der Waals surface area contributed by atoms with Crippen molar-refractivity contribution in [2.45, 2.75) is 57.8 Å². The minimum absolute atomic E-state index is 0.0204. The molecule has 1 fully saturated rings. The molecule has 0 aromatic heterocycles. The summed E-state index contributed by atoms with van der Waals surface area (Å²) in [6, 6.07) is 29.6. The SMILES string of the molecule is CN=c1ccc2c(-c3ccc(ONC4CCC(NC(=O)c5ccc(C6=C7C=CC(=N)C=C7[Si](C)(C)c7cc(N)ccc76)c(C)c5)CC4)cc3C(=O)OC)c3ccc(N(C)C)cc3oc-2c1. The number of nitrogens with zero attached hydrogens (tertiary/aromatic N) is 2. The number of amides is 1. The minimum Gasteiger partial charge on any atom is -0.465 e. The number of hydrogen-bond donors (Lipinski definition) is 4. The number of benzene rings is 5. The van der Waals surface area contributed by atoms with Gasteiger partial charge in [0.05, 0.1) is 23.7 Å². The Morgan fingerprint density at radius 3 is 2.34 bits per heavy atom. The number of fused-ring (bicyclic) bond motifs is 4. The van der Waals surface area contributed by atoms with Gasteiger partial charge in [0.25, 0.3) is 5.91 Å². The lowest BCUT2D eigenvalue weighted by atomic mass is 9.87. The Kier molecular flexibility index (Phi) is 11.4. The molecule has 3 aliphatic carbocycles. The van der Waals surface area contributed by atoms with Gasteiger partial charge in [0.2, 0.25) is 0 Å². The molecule has 0 unspecified atom stereocenters. The highest BCUT2D eigenvalue weighted by molar-refractivity contribution is 6.98. The van der Waals surface area contributed by atoms with Crippen LogP contribution >= 0.6 is 0 Å². The summed E-state index contributed by atoms with van der Waals surface area (Å²) in [5.74, 6) is 0.553. The van der Waals surface area contributed by atoms with Gasteiger partial charge in [-0.15, -0.1) is 0 Å². The van der Waals surface area contributed by atoms with Crippen LogP contribution in [0.3, 0.4) is 0 Å². The lowest BCUT2D eigenvalue weighted by Gasteiger charge is -2.38. The molecule has 11 nitrogen and oxygen atoms in total. The van der Waals surface area contributed by atoms with Crippen molar-refractivity contribution in [2.24, 2.45) is 4.99 Å². The molecule has 2 aliphatic heterocycles. The van der Waals surface area contributed by atoms with Crippen molar-refractivity contribution in [3.05, 3.63) is 153 Å². The zero-order chi connectivity index (χ0) is 45.7. The number of ether oxygens (including phenoxy) is 1. The first-order valence-corrected chi connectivity index (χ1v) is 25.1. The fourth-order valence-corrected chi connectivity index (χ4v) is 12.8. The van der Waals surface area contributed by atoms with Crippen LogP contribution in [0.15, 0.2) is 129 Å². The van der Waals surface area contributed by atoms with Gasteiger partial charge in [-0.25, -0.2) is 4.79 Å². The first-order chi connectivity index (χ1) is 31.2. The number of carbonyl (C=O) groups excluding carboxylic acids is 2. The number of hydrogen-bond acceptors (Lipinski definition) is 10. The summed E-state index contributed by atoms with van der Waals surface area (Å²) < 4.78 is 11.8. The van der Waals surface area contributed by atoms with E-state index in [-0.39, 0.29) is 18.0 Å². The van der Waals surface area contributed by atoms with Gasteiger partial charge in [0.1, 0.15) is 25.2 Å². The van der Waals surface area contributed by atoms with Gasteiger partial charge in [-0.05, 0) is 155 Å². The molecule has 0 bridgehead atoms. The summed E-state index contributed by atoms with van der Waals surface area (Å²) in [7, 11) is 4.95. The maximum atomic E-state index is 13.7. The van der Waals surface area contributed by atoms with Gasteiger partial charge < -0.3 is 35.4 Å². The Hall–Kier alpha value is -7.02. The summed E-state index contributed by atoms with van der Waals surface area (Å²) in [4.78, 5) is 39.7. The molecular weight excluding hydrogens is 829 g/mol. The summed E-state index contributed by atoms with van der Waals surface area (Å²) in [5, 5.41) is 15.8. The van der Waals surface area contributed by atoms with Crippen LogP contribution in [0, 0.1) is 12.3 Å². The van der Waals surface area contributed by atoms with Gasteiger partial charge in [-0.3, -0.25) is 9.79 Å². The van der Waals surface area contributed by atoms with Crippen LogP contribution in [-0.4, -0.2) is 66.0 Å². The number of rotatable bonds is 9. The number of nitrogens with one attached hydrogen (secondary N) is 3. The summed E-state index contributed by atoms with van der Waals surface area (Å²) in [6.45, 7) is 6.71. The molecule has 2 heterocycles. The van der Waals surface area contributed by atoms with Crippen LogP contribution in [0.1, 0.15) is 63.1 Å². The third-order valence-electron chi connectivity index (χ3n) is 13.2. The predicted octanol–water partition coefficient (Wildman–Crippen LogP) is 8.89. The maximum absolute atomic E-state index is 13.7. The Labute approximate surface area is 380 Å². The molecule has 9 rings (SSSR count). The van der Waals surface area contributed by atoms with Crippen molar-refractivity contribution >= 4 is 58.8 Å². The van der Waals surface area contributed by atoms with E-state index >= 15 is 0 Å². The van der Waals surface area contributed by atoms with E-state index in [1.807, 2.05) is 97.9 Å². The van der Waals surface area contributed by atoms with E-state index in [1.54, 1.807) is 13.1 Å². The van der Waals surface area contributed by atoms with Crippen LogP contribution in [0.5, 0.6) is 5.75 Å². The number of carbonyl (C=O) groups is 2. The van der Waals surface area contributed by atoms with Crippen LogP contribution in [-0.2, 0) is 4.74 Å². The molecule has 4 aromatic rings. The van der Waals surface area contributed by atoms with Crippen molar-refractivity contribution in [2.75, 3.05) is 38.9 Å². The first-order valence-electron chi connectivity index (χ1n) is 22.1. The fraction of sp³-hybridized carbons (Fsp3) is 0.245. The van der Waals surface area contributed by atoms with Crippen molar-refractivity contribution in [1.29, 1.82) is 5.41 Å². The molecule has 65 heavy (non-hydrogen) atoms. The van der Waals surface area contributed by atoms with Gasteiger partial charge in [0.15, 0.2) is 0 Å². The second kappa shape index (κ2) is 17.2. The second-order valence-electron chi connectivity index (χ2n) is 18.0. The third kappa shape index (κ3) is 8.08. The fourth-order valence-electron chi connectivity index (χ4n) is 9.68. The largest absolute Gasteiger partial charge is 0.465 e. The van der Waals surface area contributed by atoms with Crippen molar-refractivity contribution in [3.8, 4) is 28.2 Å². The van der Waals surface area contributed by atoms with E-state index in [2.05, 4.69) is 60.1 Å². The Morgan fingerprint density at radius 2 is 1.60 bits per heavy atom. The zero-order valence-electron chi connectivity index (χ0n) is 37.9. The number of methoxy groups -OCH3 is 1. The van der Waals surface area contributed by atoms with Crippen LogP contribution in [0.25, 0.3) is 39.0 Å². The second-order valence-corrected chi connectivity index (χ2v) is 22.3. The Balaban J connectivity index is 0.888. The van der Waals surface area contributed by atoms with E-state index in [1.165, 1.54) is 23.1 Å². The molecule has 0 atom stereocenters. The lowest BCUT2D eigenvalue weighted by molar-refractivity contribution is 0.0599. The molecule has 0 saturated heterocycles. The number of allylic oxidation sites excluding steroid dienone is 5. The molecule has 0 radical (unpaired) electrons. The third-order valence-corrected chi connectivity index (χ3v) is 16.8. The monoisotopic (exact) mass is 882 g/mol. The Morgan fingerprint density at radius 1 is 0.862 bits per heavy atom. The van der Waals surface area contributed by atoms with Crippen molar-refractivity contribution in [3.63, 3.8) is 0 Å². The van der Waals surface area contributed by atoms with Crippen molar-refractivity contribution in [1.82, 2.24) is 10.8 Å². The highest BCUT2D eigenvalue weighted by atomic mass is 28.3. The Bertz CT molecular complexity index is 3080. The van der Waals surface area contributed by atoms with Gasteiger partial charge in [0, 0.05) is 78.8 Å². The summed E-state index contributed by atoms with van der Waals surface area (Å²) in [6.07, 6.45) is 9.11. The minimum atomic E-state index is -2.13. The van der Waals surface area contributed by atoms with E-state index in [0.717, 1.165) is 81.2 Å². The van der Waals surface area contributed by atoms with E-state index in [9.17, 15) is 9.59 Å². The molecule has 330 valence electrons. The number of nitrogens with two attached hydrogens (primary N) is 1. The van der Waals surface area contributed by atoms with E-state index < -0.39 is 14.0 Å². The van der Waals surface area contributed by atoms with Gasteiger partial charge >= 0.3 is 5.97 Å². The van der Waals surface area contributed by atoms with Crippen LogP contribution in [0.2, 0.25) is 13.1 Å². The number of hydroxylamine groups is 1. The molecule has 1 amide bonds. The summed E-state index contributed by atoms with van der Waals surface area (Å²) in [5.41, 5.74) is 21.3. The van der Waals surface area contributed by atoms with Crippen LogP contribution < -0.4 is 36.8 Å². The summed E-state index contributed by atoms with van der Waals surface area (Å²) >= 11 is 0. The van der Waals surface area contributed by atoms with Crippen molar-refractivity contribution < 1.29 is 23.6 Å². The molecule has 4 aromatic carbocycles. The molecular formula is C53H54N6O5Si. The van der Waals surface area contributed by atoms with E-state index in [4.69, 9.17) is 25.1 Å². The zero-order valence-corrected chi connectivity index (χ0v) is 38.9. The molecule has 5 aliphatic rings. The van der Waals surface area contributed by atoms with E-state index in [0.29, 0.717) is 39.5 Å². The lowest BCUT2D eigenvalue weighted by Crippen LogP contribution is -2.49. The molecule has 5 N–H and O–H groups in total. The van der Waals surface area contributed by atoms with Gasteiger partial charge in [-0.1, -0.05) is 31.3 Å². The standard InChI is InChI=1S/C53H54N6O5Si/c1-30-24-31(8-18-39(30)50-43-19-9-32(54)25-48(43)65(6,7)49-26-33(55)10-20-44(49)50)52(60)57-34-11-13-35(14-12-34)58-64-38-17-23-40(45(29-38)53(61)62-5)51-41-21-15-36(56-2)27-46(41)63-47-28-37(59(3)4)16-22-42(47)51/h8-10,15-29,34-35,54,58H,11-14,55H2,1-7H3,(H,57,60). The molecule has 0 spiro atoms. The number of nitrogen functional groups attached to an aromatic ring is 1. The number of aryl methyl sites for hydroxylation is 1. The average molecular weight is 883 g/mol. The topological polar surface area (TPSA) is 155 Å². The first kappa shape index (κ1) is 43.2. The van der Waals surface area contributed by atoms with Crippen LogP contribution in [0.4, 0.5) is 11.4 Å². The molecule has 12 heteroatoms. The smallest absolute Gasteiger partial charge is 0.338 e. The number of esters is 1. The predicted molar refractivity (Wildman–Crippen MR) is 263 cm³/mol. The highest BCUT2D eigenvalue weighted by Crippen LogP contribution is 2.44. The normalized spacial score (nSPS) is 18.0. The number of anilines is 2. The highest BCUT2D eigenvalue weighted by Gasteiger charge is 2.40.